The van der Waals surface area contributed by atoms with Gasteiger partial charge in [-0.1, -0.05) is 12.8 Å². The Morgan fingerprint density at radius 3 is 2.21 bits per heavy atom. The van der Waals surface area contributed by atoms with Gasteiger partial charge in [0.1, 0.15) is 16.9 Å². The lowest BCUT2D eigenvalue weighted by molar-refractivity contribution is 0.0933. The van der Waals surface area contributed by atoms with E-state index < -0.39 is 23.3 Å². The molecule has 1 saturated carbocycles. The van der Waals surface area contributed by atoms with Crippen molar-refractivity contribution in [1.82, 2.24) is 15.2 Å². The maximum absolute atomic E-state index is 12.9. The van der Waals surface area contributed by atoms with Crippen molar-refractivity contribution in [3.05, 3.63) is 57.9 Å². The Morgan fingerprint density at radius 2 is 1.68 bits per heavy atom. The molecule has 1 atom stereocenters. The Bertz CT molecular complexity index is 893. The molecule has 0 saturated heterocycles. The van der Waals surface area contributed by atoms with Crippen LogP contribution >= 0.6 is 0 Å². The van der Waals surface area contributed by atoms with Crippen LogP contribution in [0.25, 0.3) is 0 Å². The molecule has 150 valence electrons. The molecule has 2 aromatic rings. The molecule has 1 aliphatic rings. The molecule has 0 spiro atoms. The molecule has 0 aromatic carbocycles. The number of nitrogens with one attached hydrogen (secondary N) is 2. The molecule has 0 radical (unpaired) electrons. The molecular weight excluding hydrogens is 358 g/mol. The van der Waals surface area contributed by atoms with Gasteiger partial charge in [-0.25, -0.2) is 0 Å². The van der Waals surface area contributed by atoms with E-state index in [2.05, 4.69) is 10.6 Å². The summed E-state index contributed by atoms with van der Waals surface area (Å²) < 4.78 is 7.17. The van der Waals surface area contributed by atoms with Gasteiger partial charge < -0.3 is 19.6 Å². The van der Waals surface area contributed by atoms with Crippen LogP contribution in [0.2, 0.25) is 0 Å². The molecule has 2 heterocycles. The molecule has 0 aliphatic heterocycles. The maximum atomic E-state index is 12.9. The monoisotopic (exact) mass is 385 g/mol. The fourth-order valence-corrected chi connectivity index (χ4v) is 3.56. The molecule has 28 heavy (non-hydrogen) atoms. The first kappa shape index (κ1) is 19.9. The molecule has 3 rings (SSSR count). The minimum atomic E-state index is -0.559. The summed E-state index contributed by atoms with van der Waals surface area (Å²) in [5, 5.41) is 5.53. The SMILES string of the molecule is CC(C)NC(=O)c1cn(C2CCCC2)cc(C(=O)NC(C)c2ccco2)c1=O. The summed E-state index contributed by atoms with van der Waals surface area (Å²) >= 11 is 0. The number of nitrogens with zero attached hydrogens (tertiary/aromatic N) is 1. The summed E-state index contributed by atoms with van der Waals surface area (Å²) in [6.07, 6.45) is 8.83. The zero-order chi connectivity index (χ0) is 20.3. The lowest BCUT2D eigenvalue weighted by atomic mass is 10.1. The lowest BCUT2D eigenvalue weighted by Crippen LogP contribution is -2.38. The summed E-state index contributed by atoms with van der Waals surface area (Å²) in [6.45, 7) is 5.44. The average Bonchev–Trinajstić information content (AvgIpc) is 3.35. The minimum Gasteiger partial charge on any atom is -0.467 e. The number of carbonyl (C=O) groups excluding carboxylic acids is 2. The Balaban J connectivity index is 1.95. The smallest absolute Gasteiger partial charge is 0.257 e. The third kappa shape index (κ3) is 4.35. The largest absolute Gasteiger partial charge is 0.467 e. The van der Waals surface area contributed by atoms with Crippen molar-refractivity contribution < 1.29 is 14.0 Å². The first-order chi connectivity index (χ1) is 13.4. The van der Waals surface area contributed by atoms with E-state index in [1.54, 1.807) is 31.5 Å². The minimum absolute atomic E-state index is 0.00102. The van der Waals surface area contributed by atoms with Crippen molar-refractivity contribution in [2.75, 3.05) is 0 Å². The van der Waals surface area contributed by atoms with Gasteiger partial charge in [-0.2, -0.15) is 0 Å². The van der Waals surface area contributed by atoms with Gasteiger partial charge in [0.25, 0.3) is 11.8 Å². The van der Waals surface area contributed by atoms with E-state index in [0.29, 0.717) is 5.76 Å². The van der Waals surface area contributed by atoms with Crippen molar-refractivity contribution in [3.8, 4) is 0 Å². The van der Waals surface area contributed by atoms with Crippen LogP contribution in [0.1, 0.15) is 85.0 Å². The second kappa shape index (κ2) is 8.46. The van der Waals surface area contributed by atoms with Gasteiger partial charge in [0, 0.05) is 24.5 Å². The number of amides is 2. The average molecular weight is 385 g/mol. The van der Waals surface area contributed by atoms with Crippen molar-refractivity contribution in [3.63, 3.8) is 0 Å². The normalized spacial score (nSPS) is 15.6. The summed E-state index contributed by atoms with van der Waals surface area (Å²) in [5.74, 6) is -0.376. The molecule has 1 fully saturated rings. The highest BCUT2D eigenvalue weighted by atomic mass is 16.3. The highest BCUT2D eigenvalue weighted by Gasteiger charge is 2.24. The van der Waals surface area contributed by atoms with Gasteiger partial charge in [0.05, 0.1) is 12.3 Å². The number of aromatic nitrogens is 1. The molecular formula is C21H27N3O4. The van der Waals surface area contributed by atoms with E-state index in [1.165, 1.54) is 6.26 Å². The number of carbonyl (C=O) groups is 2. The second-order valence-corrected chi connectivity index (χ2v) is 7.64. The van der Waals surface area contributed by atoms with E-state index in [0.717, 1.165) is 25.7 Å². The first-order valence-corrected chi connectivity index (χ1v) is 9.77. The highest BCUT2D eigenvalue weighted by Crippen LogP contribution is 2.29. The van der Waals surface area contributed by atoms with Crippen LogP contribution < -0.4 is 16.1 Å². The van der Waals surface area contributed by atoms with E-state index in [1.807, 2.05) is 18.4 Å². The van der Waals surface area contributed by atoms with Gasteiger partial charge in [-0.15, -0.1) is 0 Å². The fourth-order valence-electron chi connectivity index (χ4n) is 3.56. The van der Waals surface area contributed by atoms with Crippen LogP contribution in [0.5, 0.6) is 0 Å². The Morgan fingerprint density at radius 1 is 1.07 bits per heavy atom. The molecule has 2 amide bonds. The van der Waals surface area contributed by atoms with Gasteiger partial charge in [0.15, 0.2) is 0 Å². The lowest BCUT2D eigenvalue weighted by Gasteiger charge is -2.19. The standard InChI is InChI=1S/C21H27N3O4/c1-13(2)22-20(26)16-11-24(15-7-4-5-8-15)12-17(19(16)25)21(27)23-14(3)18-9-6-10-28-18/h6,9-15H,4-5,7-8H2,1-3H3,(H,22,26)(H,23,27). The predicted octanol–water partition coefficient (Wildman–Crippen LogP) is 3.19. The number of furan rings is 1. The molecule has 1 aliphatic carbocycles. The highest BCUT2D eigenvalue weighted by molar-refractivity contribution is 5.99. The fraction of sp³-hybridized carbons (Fsp3) is 0.476. The third-order valence-electron chi connectivity index (χ3n) is 5.02. The summed E-state index contributed by atoms with van der Waals surface area (Å²) in [5.41, 5.74) is -0.586. The molecule has 7 heteroatoms. The van der Waals surface area contributed by atoms with Crippen LogP contribution in [-0.4, -0.2) is 22.4 Å². The number of hydrogen-bond acceptors (Lipinski definition) is 4. The first-order valence-electron chi connectivity index (χ1n) is 9.77. The Kier molecular flexibility index (Phi) is 6.02. The molecule has 0 bridgehead atoms. The summed E-state index contributed by atoms with van der Waals surface area (Å²) in [6, 6.07) is 3.19. The van der Waals surface area contributed by atoms with Gasteiger partial charge >= 0.3 is 0 Å². The predicted molar refractivity (Wildman–Crippen MR) is 105 cm³/mol. The third-order valence-corrected chi connectivity index (χ3v) is 5.02. The topological polar surface area (TPSA) is 93.3 Å². The van der Waals surface area contributed by atoms with E-state index >= 15 is 0 Å². The van der Waals surface area contributed by atoms with Crippen molar-refractivity contribution in [1.29, 1.82) is 0 Å². The summed E-state index contributed by atoms with van der Waals surface area (Å²) in [7, 11) is 0. The van der Waals surface area contributed by atoms with Gasteiger partial charge in [0.2, 0.25) is 5.43 Å². The van der Waals surface area contributed by atoms with E-state index in [4.69, 9.17) is 4.42 Å². The Labute approximate surface area is 164 Å². The summed E-state index contributed by atoms with van der Waals surface area (Å²) in [4.78, 5) is 38.3. The molecule has 7 nitrogen and oxygen atoms in total. The van der Waals surface area contributed by atoms with Crippen LogP contribution in [0.4, 0.5) is 0 Å². The van der Waals surface area contributed by atoms with Crippen LogP contribution in [0, 0.1) is 0 Å². The van der Waals surface area contributed by atoms with Crippen molar-refractivity contribution in [2.45, 2.75) is 64.6 Å². The van der Waals surface area contributed by atoms with Gasteiger partial charge in [-0.05, 0) is 45.7 Å². The van der Waals surface area contributed by atoms with Crippen molar-refractivity contribution >= 4 is 11.8 Å². The van der Waals surface area contributed by atoms with Crippen LogP contribution in [0.3, 0.4) is 0 Å². The van der Waals surface area contributed by atoms with E-state index in [-0.39, 0.29) is 23.2 Å². The van der Waals surface area contributed by atoms with Crippen LogP contribution in [0.15, 0.2) is 40.0 Å². The molecule has 2 aromatic heterocycles. The second-order valence-electron chi connectivity index (χ2n) is 7.64. The van der Waals surface area contributed by atoms with Crippen molar-refractivity contribution in [2.24, 2.45) is 0 Å². The molecule has 1 unspecified atom stereocenters. The number of hydrogen-bond donors (Lipinski definition) is 2. The number of pyridine rings is 1. The maximum Gasteiger partial charge on any atom is 0.257 e. The van der Waals surface area contributed by atoms with Crippen LogP contribution in [-0.2, 0) is 0 Å². The van der Waals surface area contributed by atoms with E-state index in [9.17, 15) is 14.4 Å². The molecule has 2 N–H and O–H groups in total. The van der Waals surface area contributed by atoms with Gasteiger partial charge in [-0.3, -0.25) is 14.4 Å². The zero-order valence-electron chi connectivity index (χ0n) is 16.5. The number of rotatable bonds is 6. The zero-order valence-corrected chi connectivity index (χ0v) is 16.5. The quantitative estimate of drug-likeness (QED) is 0.799. The Hall–Kier alpha value is -2.83.